The molecule has 0 saturated carbocycles. The number of nitrogens with zero attached hydrogens (tertiary/aromatic N) is 1. The lowest BCUT2D eigenvalue weighted by Crippen LogP contribution is -2.27. The number of allylic oxidation sites excluding steroid dienone is 1. The molecule has 0 heterocycles. The fourth-order valence-electron chi connectivity index (χ4n) is 0.999. The fraction of sp³-hybridized carbons (Fsp3) is 0.700. The molecule has 0 aromatic heterocycles. The minimum atomic E-state index is -0.255. The second-order valence-electron chi connectivity index (χ2n) is 2.69. The van der Waals surface area contributed by atoms with Gasteiger partial charge in [-0.05, 0) is 20.0 Å². The van der Waals surface area contributed by atoms with Crippen LogP contribution in [0, 0.1) is 0 Å². The Morgan fingerprint density at radius 2 is 1.93 bits per heavy atom. The lowest BCUT2D eigenvalue weighted by molar-refractivity contribution is -0.138. The number of halogens is 1. The van der Waals surface area contributed by atoms with Crippen LogP contribution in [0.25, 0.3) is 0 Å². The zero-order chi connectivity index (χ0) is 10.1. The molecule has 0 unspecified atom stereocenters. The largest absolute Gasteiger partial charge is 0.461 e. The molecule has 14 heavy (non-hydrogen) atoms. The molecule has 0 fully saturated rings. The first-order chi connectivity index (χ1) is 6.24. The SMILES string of the molecule is C/C=C/C(=O)OCCN(CC)CC.Cl. The van der Waals surface area contributed by atoms with Gasteiger partial charge in [0.05, 0.1) is 0 Å². The van der Waals surface area contributed by atoms with E-state index in [0.717, 1.165) is 19.6 Å². The number of esters is 1. The lowest BCUT2D eigenvalue weighted by Gasteiger charge is -2.16. The number of hydrogen-bond acceptors (Lipinski definition) is 3. The summed E-state index contributed by atoms with van der Waals surface area (Å²) in [5.74, 6) is -0.255. The highest BCUT2D eigenvalue weighted by atomic mass is 35.5. The molecule has 0 aliphatic carbocycles. The highest BCUT2D eigenvalue weighted by Gasteiger charge is 2.00. The Balaban J connectivity index is 0. The van der Waals surface area contributed by atoms with Crippen LogP contribution in [-0.4, -0.2) is 37.1 Å². The van der Waals surface area contributed by atoms with Gasteiger partial charge in [0.2, 0.25) is 0 Å². The van der Waals surface area contributed by atoms with Crippen LogP contribution in [0.15, 0.2) is 12.2 Å². The van der Waals surface area contributed by atoms with Crippen LogP contribution in [-0.2, 0) is 9.53 Å². The Morgan fingerprint density at radius 1 is 1.36 bits per heavy atom. The molecule has 84 valence electrons. The molecular weight excluding hydrogens is 202 g/mol. The van der Waals surface area contributed by atoms with Crippen molar-refractivity contribution in [3.8, 4) is 0 Å². The van der Waals surface area contributed by atoms with Crippen molar-refractivity contribution in [1.82, 2.24) is 4.90 Å². The average Bonchev–Trinajstić information content (AvgIpc) is 2.13. The predicted molar refractivity (Wildman–Crippen MR) is 60.8 cm³/mol. The maximum Gasteiger partial charge on any atom is 0.330 e. The van der Waals surface area contributed by atoms with Gasteiger partial charge >= 0.3 is 5.97 Å². The molecule has 0 rings (SSSR count). The third-order valence-electron chi connectivity index (χ3n) is 1.85. The molecule has 0 aromatic rings. The summed E-state index contributed by atoms with van der Waals surface area (Å²) in [5, 5.41) is 0. The maximum absolute atomic E-state index is 10.9. The Labute approximate surface area is 92.5 Å². The summed E-state index contributed by atoms with van der Waals surface area (Å²) >= 11 is 0. The van der Waals surface area contributed by atoms with E-state index in [1.54, 1.807) is 13.0 Å². The Morgan fingerprint density at radius 3 is 2.36 bits per heavy atom. The van der Waals surface area contributed by atoms with E-state index >= 15 is 0 Å². The first-order valence-electron chi connectivity index (χ1n) is 4.76. The smallest absolute Gasteiger partial charge is 0.330 e. The highest BCUT2D eigenvalue weighted by Crippen LogP contribution is 1.88. The molecule has 0 radical (unpaired) electrons. The van der Waals surface area contributed by atoms with Gasteiger partial charge in [0.15, 0.2) is 0 Å². The van der Waals surface area contributed by atoms with Crippen LogP contribution < -0.4 is 0 Å². The van der Waals surface area contributed by atoms with E-state index in [1.807, 2.05) is 0 Å². The summed E-state index contributed by atoms with van der Waals surface area (Å²) in [5.41, 5.74) is 0. The van der Waals surface area contributed by atoms with Crippen molar-refractivity contribution >= 4 is 18.4 Å². The van der Waals surface area contributed by atoms with E-state index in [9.17, 15) is 4.79 Å². The monoisotopic (exact) mass is 221 g/mol. The predicted octanol–water partition coefficient (Wildman–Crippen LogP) is 1.87. The topological polar surface area (TPSA) is 29.5 Å². The molecule has 0 aromatic carbocycles. The van der Waals surface area contributed by atoms with Crippen molar-refractivity contribution < 1.29 is 9.53 Å². The molecule has 0 atom stereocenters. The van der Waals surface area contributed by atoms with Crippen LogP contribution in [0.5, 0.6) is 0 Å². The number of carbonyl (C=O) groups excluding carboxylic acids is 1. The number of ether oxygens (including phenoxy) is 1. The summed E-state index contributed by atoms with van der Waals surface area (Å²) in [4.78, 5) is 13.1. The Hall–Kier alpha value is -0.540. The normalized spacial score (nSPS) is 10.3. The minimum absolute atomic E-state index is 0. The summed E-state index contributed by atoms with van der Waals surface area (Å²) in [6.45, 7) is 9.27. The second-order valence-corrected chi connectivity index (χ2v) is 2.69. The zero-order valence-electron chi connectivity index (χ0n) is 9.16. The first kappa shape index (κ1) is 15.9. The third-order valence-corrected chi connectivity index (χ3v) is 1.85. The van der Waals surface area contributed by atoms with Crippen LogP contribution in [0.2, 0.25) is 0 Å². The van der Waals surface area contributed by atoms with E-state index in [2.05, 4.69) is 18.7 Å². The summed E-state index contributed by atoms with van der Waals surface area (Å²) in [7, 11) is 0. The Bertz CT molecular complexity index is 168. The van der Waals surface area contributed by atoms with Gasteiger partial charge in [-0.15, -0.1) is 12.4 Å². The molecule has 0 aliphatic rings. The van der Waals surface area contributed by atoms with E-state index < -0.39 is 0 Å². The van der Waals surface area contributed by atoms with Gasteiger partial charge in [0.1, 0.15) is 6.61 Å². The van der Waals surface area contributed by atoms with Crippen molar-refractivity contribution in [3.63, 3.8) is 0 Å². The molecule has 0 bridgehead atoms. The maximum atomic E-state index is 10.9. The highest BCUT2D eigenvalue weighted by molar-refractivity contribution is 5.85. The van der Waals surface area contributed by atoms with Gasteiger partial charge in [0.25, 0.3) is 0 Å². The number of likely N-dealkylation sites (N-methyl/N-ethyl adjacent to an activating group) is 1. The molecular formula is C10H20ClNO2. The number of hydrogen-bond donors (Lipinski definition) is 0. The molecule has 0 spiro atoms. The van der Waals surface area contributed by atoms with E-state index in [1.165, 1.54) is 6.08 Å². The first-order valence-corrected chi connectivity index (χ1v) is 4.76. The minimum Gasteiger partial charge on any atom is -0.461 e. The third kappa shape index (κ3) is 8.08. The van der Waals surface area contributed by atoms with Crippen molar-refractivity contribution in [2.24, 2.45) is 0 Å². The van der Waals surface area contributed by atoms with E-state index in [0.29, 0.717) is 6.61 Å². The zero-order valence-corrected chi connectivity index (χ0v) is 9.97. The lowest BCUT2D eigenvalue weighted by atomic mass is 10.5. The summed E-state index contributed by atoms with van der Waals surface area (Å²) in [6, 6.07) is 0. The van der Waals surface area contributed by atoms with Crippen molar-refractivity contribution in [3.05, 3.63) is 12.2 Å². The molecule has 0 N–H and O–H groups in total. The van der Waals surface area contributed by atoms with Crippen LogP contribution in [0.1, 0.15) is 20.8 Å². The second kappa shape index (κ2) is 10.5. The van der Waals surface area contributed by atoms with Gasteiger partial charge in [-0.2, -0.15) is 0 Å². The van der Waals surface area contributed by atoms with Crippen LogP contribution >= 0.6 is 12.4 Å². The molecule has 3 nitrogen and oxygen atoms in total. The molecule has 0 amide bonds. The van der Waals surface area contributed by atoms with Crippen molar-refractivity contribution in [2.75, 3.05) is 26.2 Å². The van der Waals surface area contributed by atoms with Gasteiger partial charge in [-0.25, -0.2) is 4.79 Å². The van der Waals surface area contributed by atoms with Gasteiger partial charge in [0, 0.05) is 12.6 Å². The molecule has 0 saturated heterocycles. The van der Waals surface area contributed by atoms with Crippen LogP contribution in [0.4, 0.5) is 0 Å². The molecule has 4 heteroatoms. The summed E-state index contributed by atoms with van der Waals surface area (Å²) in [6.07, 6.45) is 3.11. The van der Waals surface area contributed by atoms with Gasteiger partial charge < -0.3 is 9.64 Å². The molecule has 0 aliphatic heterocycles. The Kier molecular flexibility index (Phi) is 12.0. The standard InChI is InChI=1S/C10H19NO2.ClH/c1-4-7-10(12)13-9-8-11(5-2)6-3;/h4,7H,5-6,8-9H2,1-3H3;1H/b7-4+;. The average molecular weight is 222 g/mol. The van der Waals surface area contributed by atoms with Gasteiger partial charge in [-0.1, -0.05) is 19.9 Å². The summed E-state index contributed by atoms with van der Waals surface area (Å²) < 4.78 is 4.95. The van der Waals surface area contributed by atoms with E-state index in [-0.39, 0.29) is 18.4 Å². The quantitative estimate of drug-likeness (QED) is 0.507. The van der Waals surface area contributed by atoms with Crippen LogP contribution in [0.3, 0.4) is 0 Å². The van der Waals surface area contributed by atoms with E-state index in [4.69, 9.17) is 4.74 Å². The number of rotatable bonds is 6. The van der Waals surface area contributed by atoms with Crippen molar-refractivity contribution in [2.45, 2.75) is 20.8 Å². The van der Waals surface area contributed by atoms with Crippen molar-refractivity contribution in [1.29, 1.82) is 0 Å². The number of carbonyl (C=O) groups is 1. The fourth-order valence-corrected chi connectivity index (χ4v) is 0.999. The van der Waals surface area contributed by atoms with Gasteiger partial charge in [-0.3, -0.25) is 0 Å².